The van der Waals surface area contributed by atoms with Gasteiger partial charge in [-0.3, -0.25) is 0 Å². The van der Waals surface area contributed by atoms with E-state index in [0.29, 0.717) is 18.9 Å². The first-order chi connectivity index (χ1) is 9.54. The average Bonchev–Trinajstić information content (AvgIpc) is 2.82. The molecule has 0 bridgehead atoms. The van der Waals surface area contributed by atoms with Crippen LogP contribution in [-0.2, 0) is 6.54 Å². The van der Waals surface area contributed by atoms with Crippen molar-refractivity contribution >= 4 is 11.6 Å². The summed E-state index contributed by atoms with van der Waals surface area (Å²) in [5, 5.41) is 3.14. The lowest BCUT2D eigenvalue weighted by molar-refractivity contribution is -0.135. The third kappa shape index (κ3) is 4.60. The summed E-state index contributed by atoms with van der Waals surface area (Å²) in [6, 6.07) is 9.53. The number of hydrogen-bond donors (Lipinski definition) is 1. The minimum atomic E-state index is -4.07. The highest BCUT2D eigenvalue weighted by molar-refractivity contribution is 5.52. The highest BCUT2D eigenvalue weighted by Crippen LogP contribution is 2.23. The predicted molar refractivity (Wildman–Crippen MR) is 71.9 cm³/mol. The number of nitrogens with one attached hydrogen (secondary N) is 1. The van der Waals surface area contributed by atoms with Gasteiger partial charge in [0.05, 0.1) is 0 Å². The molecule has 0 aliphatic carbocycles. The van der Waals surface area contributed by atoms with E-state index in [9.17, 15) is 13.2 Å². The number of benzene rings is 1. The summed E-state index contributed by atoms with van der Waals surface area (Å²) in [6.45, 7) is 0.519. The summed E-state index contributed by atoms with van der Waals surface area (Å²) in [4.78, 5) is 4.17. The van der Waals surface area contributed by atoms with Crippen molar-refractivity contribution in [3.8, 4) is 0 Å². The monoisotopic (exact) mass is 283 g/mol. The van der Waals surface area contributed by atoms with Gasteiger partial charge in [-0.2, -0.15) is 13.2 Å². The Kier molecular flexibility index (Phi) is 4.65. The molecular formula is C14H16F3N3. The number of para-hydroxylation sites is 1. The number of rotatable bonds is 6. The zero-order chi connectivity index (χ0) is 14.4. The van der Waals surface area contributed by atoms with Gasteiger partial charge in [-0.05, 0) is 25.0 Å². The van der Waals surface area contributed by atoms with Gasteiger partial charge in [0.2, 0.25) is 5.95 Å². The molecule has 0 saturated heterocycles. The van der Waals surface area contributed by atoms with Crippen molar-refractivity contribution in [3.05, 3.63) is 42.7 Å². The number of nitrogens with zero attached hydrogens (tertiary/aromatic N) is 2. The van der Waals surface area contributed by atoms with Crippen molar-refractivity contribution in [2.75, 3.05) is 5.32 Å². The van der Waals surface area contributed by atoms with E-state index in [-0.39, 0.29) is 6.42 Å². The molecule has 1 aromatic carbocycles. The minimum absolute atomic E-state index is 0.131. The molecule has 108 valence electrons. The van der Waals surface area contributed by atoms with Gasteiger partial charge in [0.15, 0.2) is 0 Å². The van der Waals surface area contributed by atoms with E-state index in [1.54, 1.807) is 12.4 Å². The van der Waals surface area contributed by atoms with Gasteiger partial charge in [-0.1, -0.05) is 18.2 Å². The summed E-state index contributed by atoms with van der Waals surface area (Å²) >= 11 is 0. The molecule has 0 radical (unpaired) electrons. The smallest absolute Gasteiger partial charge is 0.326 e. The van der Waals surface area contributed by atoms with Crippen LogP contribution in [0.15, 0.2) is 42.7 Å². The summed E-state index contributed by atoms with van der Waals surface area (Å²) in [5.41, 5.74) is 0.898. The molecule has 0 amide bonds. The van der Waals surface area contributed by atoms with E-state index in [1.807, 2.05) is 34.9 Å². The molecule has 6 heteroatoms. The van der Waals surface area contributed by atoms with E-state index < -0.39 is 12.6 Å². The van der Waals surface area contributed by atoms with E-state index in [0.717, 1.165) is 5.69 Å². The Bertz CT molecular complexity index is 520. The van der Waals surface area contributed by atoms with E-state index in [1.165, 1.54) is 0 Å². The number of imidazole rings is 1. The van der Waals surface area contributed by atoms with Gasteiger partial charge >= 0.3 is 6.18 Å². The molecule has 0 atom stereocenters. The molecule has 3 nitrogen and oxygen atoms in total. The second kappa shape index (κ2) is 6.45. The van der Waals surface area contributed by atoms with Crippen LogP contribution in [0, 0.1) is 0 Å². The lowest BCUT2D eigenvalue weighted by Gasteiger charge is -2.10. The molecule has 0 aliphatic rings. The number of halogens is 3. The van der Waals surface area contributed by atoms with E-state index >= 15 is 0 Å². The first-order valence-electron chi connectivity index (χ1n) is 6.44. The normalized spacial score (nSPS) is 11.6. The van der Waals surface area contributed by atoms with Crippen LogP contribution in [0.2, 0.25) is 0 Å². The van der Waals surface area contributed by atoms with Crippen LogP contribution in [0.25, 0.3) is 0 Å². The molecule has 1 N–H and O–H groups in total. The second-order valence-electron chi connectivity index (χ2n) is 4.51. The Morgan fingerprint density at radius 2 is 1.85 bits per heavy atom. The molecule has 0 spiro atoms. The van der Waals surface area contributed by atoms with Crippen molar-refractivity contribution in [3.63, 3.8) is 0 Å². The molecule has 0 fully saturated rings. The van der Waals surface area contributed by atoms with Gasteiger partial charge in [0, 0.05) is 31.0 Å². The zero-order valence-electron chi connectivity index (χ0n) is 10.9. The van der Waals surface area contributed by atoms with Crippen molar-refractivity contribution in [1.82, 2.24) is 9.55 Å². The Balaban J connectivity index is 1.86. The first kappa shape index (κ1) is 14.4. The van der Waals surface area contributed by atoms with Gasteiger partial charge in [-0.25, -0.2) is 4.98 Å². The van der Waals surface area contributed by atoms with Gasteiger partial charge in [0.25, 0.3) is 0 Å². The molecule has 2 rings (SSSR count). The van der Waals surface area contributed by atoms with Crippen LogP contribution >= 0.6 is 0 Å². The number of alkyl halides is 3. The Morgan fingerprint density at radius 3 is 2.55 bits per heavy atom. The maximum Gasteiger partial charge on any atom is 0.389 e. The third-order valence-corrected chi connectivity index (χ3v) is 2.85. The average molecular weight is 283 g/mol. The molecule has 0 aliphatic heterocycles. The van der Waals surface area contributed by atoms with Crippen LogP contribution < -0.4 is 5.32 Å². The number of aromatic nitrogens is 2. The van der Waals surface area contributed by atoms with Crippen LogP contribution in [0.1, 0.15) is 19.3 Å². The third-order valence-electron chi connectivity index (χ3n) is 2.85. The Labute approximate surface area is 115 Å². The fraction of sp³-hybridized carbons (Fsp3) is 0.357. The largest absolute Gasteiger partial charge is 0.389 e. The fourth-order valence-electron chi connectivity index (χ4n) is 1.87. The number of unbranched alkanes of at least 4 members (excludes halogenated alkanes) is 1. The first-order valence-corrected chi connectivity index (χ1v) is 6.44. The number of aryl methyl sites for hydroxylation is 1. The number of anilines is 2. The Morgan fingerprint density at radius 1 is 1.10 bits per heavy atom. The molecule has 20 heavy (non-hydrogen) atoms. The zero-order valence-corrected chi connectivity index (χ0v) is 10.9. The quantitative estimate of drug-likeness (QED) is 0.798. The summed E-state index contributed by atoms with van der Waals surface area (Å²) in [7, 11) is 0. The predicted octanol–water partition coefficient (Wildman–Crippen LogP) is 4.36. The second-order valence-corrected chi connectivity index (χ2v) is 4.51. The molecule has 0 saturated carbocycles. The van der Waals surface area contributed by atoms with Gasteiger partial charge in [-0.15, -0.1) is 0 Å². The summed E-state index contributed by atoms with van der Waals surface area (Å²) in [6.07, 6.45) is -0.803. The SMILES string of the molecule is FC(F)(F)CCCCn1ccnc1Nc1ccccc1. The van der Waals surface area contributed by atoms with Gasteiger partial charge in [0.1, 0.15) is 0 Å². The fourth-order valence-corrected chi connectivity index (χ4v) is 1.87. The van der Waals surface area contributed by atoms with Gasteiger partial charge < -0.3 is 9.88 Å². The van der Waals surface area contributed by atoms with Crippen molar-refractivity contribution in [2.45, 2.75) is 32.0 Å². The van der Waals surface area contributed by atoms with Crippen LogP contribution in [0.3, 0.4) is 0 Å². The molecule has 1 aromatic heterocycles. The van der Waals surface area contributed by atoms with Crippen molar-refractivity contribution < 1.29 is 13.2 Å². The maximum absolute atomic E-state index is 12.1. The van der Waals surface area contributed by atoms with E-state index in [2.05, 4.69) is 10.3 Å². The van der Waals surface area contributed by atoms with E-state index in [4.69, 9.17) is 0 Å². The van der Waals surface area contributed by atoms with Crippen LogP contribution in [0.5, 0.6) is 0 Å². The van der Waals surface area contributed by atoms with Crippen LogP contribution in [0.4, 0.5) is 24.8 Å². The number of hydrogen-bond acceptors (Lipinski definition) is 2. The standard InChI is InChI=1S/C14H16F3N3/c15-14(16,17)8-4-5-10-20-11-9-18-13(20)19-12-6-2-1-3-7-12/h1-3,6-7,9,11H,4-5,8,10H2,(H,18,19). The lowest BCUT2D eigenvalue weighted by atomic mass is 10.2. The lowest BCUT2D eigenvalue weighted by Crippen LogP contribution is -2.08. The summed E-state index contributed by atoms with van der Waals surface area (Å²) < 4.78 is 38.0. The minimum Gasteiger partial charge on any atom is -0.326 e. The van der Waals surface area contributed by atoms with Crippen LogP contribution in [-0.4, -0.2) is 15.7 Å². The summed E-state index contributed by atoms with van der Waals surface area (Å²) in [5.74, 6) is 0.642. The van der Waals surface area contributed by atoms with Crippen molar-refractivity contribution in [1.29, 1.82) is 0 Å². The highest BCUT2D eigenvalue weighted by atomic mass is 19.4. The molecular weight excluding hydrogens is 267 g/mol. The topological polar surface area (TPSA) is 29.9 Å². The highest BCUT2D eigenvalue weighted by Gasteiger charge is 2.25. The maximum atomic E-state index is 12.1. The Hall–Kier alpha value is -1.98. The molecule has 1 heterocycles. The molecule has 2 aromatic rings. The molecule has 0 unspecified atom stereocenters. The van der Waals surface area contributed by atoms with Crippen molar-refractivity contribution in [2.24, 2.45) is 0 Å².